The first kappa shape index (κ1) is 12.2. The summed E-state index contributed by atoms with van der Waals surface area (Å²) in [7, 11) is 0. The molecule has 0 aliphatic carbocycles. The van der Waals surface area contributed by atoms with E-state index in [9.17, 15) is 9.59 Å². The zero-order valence-electron chi connectivity index (χ0n) is 7.47. The van der Waals surface area contributed by atoms with Gasteiger partial charge < -0.3 is 19.7 Å². The summed E-state index contributed by atoms with van der Waals surface area (Å²) >= 11 is 0. The highest BCUT2D eigenvalue weighted by Gasteiger charge is 2.15. The van der Waals surface area contributed by atoms with E-state index in [0.717, 1.165) is 0 Å². The molecule has 0 aliphatic rings. The zero-order chi connectivity index (χ0) is 10.3. The molecule has 0 aromatic heterocycles. The molecule has 5 heteroatoms. The van der Waals surface area contributed by atoms with Crippen molar-refractivity contribution in [2.45, 2.75) is 25.6 Å². The van der Waals surface area contributed by atoms with Crippen molar-refractivity contribution in [3.8, 4) is 0 Å². The predicted octanol–water partition coefficient (Wildman–Crippen LogP) is -1.10. The summed E-state index contributed by atoms with van der Waals surface area (Å²) in [6, 6.07) is 0. The summed E-state index contributed by atoms with van der Waals surface area (Å²) in [5.41, 5.74) is 0. The number of aliphatic hydroxyl groups excluding tert-OH is 2. The summed E-state index contributed by atoms with van der Waals surface area (Å²) < 4.78 is 4.91. The van der Waals surface area contributed by atoms with E-state index in [0.29, 0.717) is 6.29 Å². The van der Waals surface area contributed by atoms with Crippen LogP contribution in [0.1, 0.15) is 13.3 Å². The Labute approximate surface area is 76.3 Å². The fourth-order valence-electron chi connectivity index (χ4n) is 0.719. The Bertz CT molecular complexity index is 168. The van der Waals surface area contributed by atoms with Crippen LogP contribution in [0.25, 0.3) is 0 Å². The maximum Gasteiger partial charge on any atom is 0.158 e. The number of ketones is 1. The van der Waals surface area contributed by atoms with Crippen LogP contribution in [-0.2, 0) is 14.3 Å². The van der Waals surface area contributed by atoms with E-state index in [2.05, 4.69) is 0 Å². The number of aldehydes is 1. The van der Waals surface area contributed by atoms with E-state index in [-0.39, 0.29) is 18.8 Å². The van der Waals surface area contributed by atoms with Gasteiger partial charge in [-0.3, -0.25) is 4.79 Å². The van der Waals surface area contributed by atoms with E-state index in [1.165, 1.54) is 6.92 Å². The molecule has 76 valence electrons. The Balaban J connectivity index is 3.81. The van der Waals surface area contributed by atoms with E-state index < -0.39 is 18.8 Å². The van der Waals surface area contributed by atoms with Gasteiger partial charge in [0, 0.05) is 6.42 Å². The van der Waals surface area contributed by atoms with Crippen molar-refractivity contribution >= 4 is 12.1 Å². The van der Waals surface area contributed by atoms with E-state index >= 15 is 0 Å². The van der Waals surface area contributed by atoms with Gasteiger partial charge in [-0.05, 0) is 6.92 Å². The first-order valence-corrected chi connectivity index (χ1v) is 3.96. The molecule has 2 atom stereocenters. The maximum atomic E-state index is 10.8. The van der Waals surface area contributed by atoms with Crippen LogP contribution in [0.3, 0.4) is 0 Å². The molecule has 0 rings (SSSR count). The van der Waals surface area contributed by atoms with Gasteiger partial charge in [-0.1, -0.05) is 0 Å². The van der Waals surface area contributed by atoms with Crippen molar-refractivity contribution < 1.29 is 24.5 Å². The molecule has 0 aromatic carbocycles. The first-order valence-electron chi connectivity index (χ1n) is 3.96. The Hall–Kier alpha value is -0.780. The molecule has 0 amide bonds. The summed E-state index contributed by atoms with van der Waals surface area (Å²) in [5, 5.41) is 17.3. The van der Waals surface area contributed by atoms with Crippen molar-refractivity contribution in [1.82, 2.24) is 0 Å². The van der Waals surface area contributed by atoms with E-state index in [1.54, 1.807) is 0 Å². The molecule has 13 heavy (non-hydrogen) atoms. The lowest BCUT2D eigenvalue weighted by molar-refractivity contribution is -0.133. The Morgan fingerprint density at radius 1 is 1.62 bits per heavy atom. The van der Waals surface area contributed by atoms with Crippen LogP contribution in [0.5, 0.6) is 0 Å². The minimum absolute atomic E-state index is 0.0204. The normalized spacial score (nSPS) is 15.0. The largest absolute Gasteiger partial charge is 0.394 e. The lowest BCUT2D eigenvalue weighted by atomic mass is 10.2. The second kappa shape index (κ2) is 6.71. The molecule has 0 heterocycles. The molecule has 0 saturated heterocycles. The summed E-state index contributed by atoms with van der Waals surface area (Å²) in [4.78, 5) is 20.9. The fourth-order valence-corrected chi connectivity index (χ4v) is 0.719. The van der Waals surface area contributed by atoms with Crippen LogP contribution in [0.15, 0.2) is 0 Å². The molecule has 0 aliphatic heterocycles. The number of rotatable bonds is 7. The minimum Gasteiger partial charge on any atom is -0.394 e. The van der Waals surface area contributed by atoms with Gasteiger partial charge in [0.2, 0.25) is 0 Å². The fraction of sp³-hybridized carbons (Fsp3) is 0.750. The number of hydrogen-bond acceptors (Lipinski definition) is 5. The van der Waals surface area contributed by atoms with Gasteiger partial charge in [0.1, 0.15) is 18.5 Å². The highest BCUT2D eigenvalue weighted by atomic mass is 16.5. The summed E-state index contributed by atoms with van der Waals surface area (Å²) in [6.45, 7) is 0.736. The lowest BCUT2D eigenvalue weighted by Gasteiger charge is -2.14. The third-order valence-electron chi connectivity index (χ3n) is 1.46. The van der Waals surface area contributed by atoms with Crippen molar-refractivity contribution in [1.29, 1.82) is 0 Å². The van der Waals surface area contributed by atoms with Gasteiger partial charge in [0.15, 0.2) is 5.78 Å². The zero-order valence-corrected chi connectivity index (χ0v) is 7.47. The number of hydrogen-bond donors (Lipinski definition) is 2. The van der Waals surface area contributed by atoms with Crippen LogP contribution in [0, 0.1) is 0 Å². The molecule has 0 aromatic rings. The number of carbonyl (C=O) groups is 2. The van der Waals surface area contributed by atoms with Crippen LogP contribution in [-0.4, -0.2) is 47.7 Å². The van der Waals surface area contributed by atoms with Crippen LogP contribution in [0.2, 0.25) is 0 Å². The topological polar surface area (TPSA) is 83.8 Å². The molecule has 2 N–H and O–H groups in total. The predicted molar refractivity (Wildman–Crippen MR) is 44.2 cm³/mol. The Kier molecular flexibility index (Phi) is 6.30. The molecule has 0 spiro atoms. The third kappa shape index (κ3) is 5.46. The first-order chi connectivity index (χ1) is 6.11. The summed E-state index contributed by atoms with van der Waals surface area (Å²) in [5.74, 6) is -0.266. The average molecular weight is 190 g/mol. The van der Waals surface area contributed by atoms with Crippen LogP contribution >= 0.6 is 0 Å². The van der Waals surface area contributed by atoms with Crippen molar-refractivity contribution in [3.05, 3.63) is 0 Å². The van der Waals surface area contributed by atoms with Gasteiger partial charge in [0.25, 0.3) is 0 Å². The van der Waals surface area contributed by atoms with Gasteiger partial charge in [-0.15, -0.1) is 0 Å². The smallest absolute Gasteiger partial charge is 0.158 e. The highest BCUT2D eigenvalue weighted by molar-refractivity contribution is 5.82. The van der Waals surface area contributed by atoms with Gasteiger partial charge >= 0.3 is 0 Å². The lowest BCUT2D eigenvalue weighted by Crippen LogP contribution is -2.28. The SMILES string of the molecule is CC(=O)C(CC=O)OCC(O)CO. The molecule has 5 nitrogen and oxygen atoms in total. The average Bonchev–Trinajstić information content (AvgIpc) is 2.11. The van der Waals surface area contributed by atoms with Gasteiger partial charge in [0.05, 0.1) is 13.2 Å². The highest BCUT2D eigenvalue weighted by Crippen LogP contribution is 1.99. The number of Topliss-reactive ketones (excluding diaryl/α,β-unsaturated/α-hetero) is 1. The molecular formula is C8H14O5. The summed E-state index contributed by atoms with van der Waals surface area (Å²) in [6.07, 6.45) is -1.25. The maximum absolute atomic E-state index is 10.8. The van der Waals surface area contributed by atoms with Crippen molar-refractivity contribution in [2.75, 3.05) is 13.2 Å². The van der Waals surface area contributed by atoms with Crippen LogP contribution < -0.4 is 0 Å². The molecule has 0 saturated carbocycles. The van der Waals surface area contributed by atoms with Crippen molar-refractivity contribution in [2.24, 2.45) is 0 Å². The number of carbonyl (C=O) groups excluding carboxylic acids is 2. The molecule has 0 fully saturated rings. The third-order valence-corrected chi connectivity index (χ3v) is 1.46. The quantitative estimate of drug-likeness (QED) is 0.498. The van der Waals surface area contributed by atoms with Gasteiger partial charge in [-0.25, -0.2) is 0 Å². The number of aliphatic hydroxyl groups is 2. The van der Waals surface area contributed by atoms with E-state index in [4.69, 9.17) is 14.9 Å². The van der Waals surface area contributed by atoms with Crippen LogP contribution in [0.4, 0.5) is 0 Å². The monoisotopic (exact) mass is 190 g/mol. The minimum atomic E-state index is -1.01. The molecular weight excluding hydrogens is 176 g/mol. The van der Waals surface area contributed by atoms with Crippen molar-refractivity contribution in [3.63, 3.8) is 0 Å². The van der Waals surface area contributed by atoms with Gasteiger partial charge in [-0.2, -0.15) is 0 Å². The molecule has 2 unspecified atom stereocenters. The Morgan fingerprint density at radius 2 is 2.23 bits per heavy atom. The van der Waals surface area contributed by atoms with E-state index in [1.807, 2.05) is 0 Å². The standard InChI is InChI=1S/C8H14O5/c1-6(11)8(2-3-9)13-5-7(12)4-10/h3,7-8,10,12H,2,4-5H2,1H3. The molecule has 0 radical (unpaired) electrons. The Morgan fingerprint density at radius 3 is 2.62 bits per heavy atom. The number of ether oxygens (including phenoxy) is 1. The second-order valence-corrected chi connectivity index (χ2v) is 2.67. The molecule has 0 bridgehead atoms. The second-order valence-electron chi connectivity index (χ2n) is 2.67.